The summed E-state index contributed by atoms with van der Waals surface area (Å²) in [6.07, 6.45) is 1.90. The Morgan fingerprint density at radius 2 is 2.00 bits per heavy atom. The van der Waals surface area contributed by atoms with Gasteiger partial charge in [0.05, 0.1) is 0 Å². The van der Waals surface area contributed by atoms with E-state index in [1.807, 2.05) is 31.2 Å². The third-order valence-corrected chi connectivity index (χ3v) is 5.27. The highest BCUT2D eigenvalue weighted by Crippen LogP contribution is 2.20. The standard InChI is InChI=1S/C12H17BrN2O2S/c1-10(11-5-4-6-12(13)9-11)14-18(16,17)15-7-2-3-8-15/h4-6,9-10,14H,2-3,7-8H2,1H3. The third kappa shape index (κ3) is 3.32. The molecule has 0 aliphatic carbocycles. The van der Waals surface area contributed by atoms with Crippen LogP contribution >= 0.6 is 15.9 Å². The Morgan fingerprint density at radius 1 is 1.33 bits per heavy atom. The molecule has 1 unspecified atom stereocenters. The van der Waals surface area contributed by atoms with Gasteiger partial charge in [0.2, 0.25) is 0 Å². The van der Waals surface area contributed by atoms with Gasteiger partial charge in [0.25, 0.3) is 10.2 Å². The number of halogens is 1. The van der Waals surface area contributed by atoms with Gasteiger partial charge in [0.15, 0.2) is 0 Å². The van der Waals surface area contributed by atoms with E-state index < -0.39 is 10.2 Å². The second kappa shape index (κ2) is 5.69. The number of benzene rings is 1. The lowest BCUT2D eigenvalue weighted by Crippen LogP contribution is -2.40. The van der Waals surface area contributed by atoms with Crippen molar-refractivity contribution in [2.24, 2.45) is 0 Å². The van der Waals surface area contributed by atoms with Gasteiger partial charge in [-0.25, -0.2) is 0 Å². The highest BCUT2D eigenvalue weighted by molar-refractivity contribution is 9.10. The summed E-state index contributed by atoms with van der Waals surface area (Å²) in [5.74, 6) is 0. The predicted molar refractivity (Wildman–Crippen MR) is 75.4 cm³/mol. The van der Waals surface area contributed by atoms with Gasteiger partial charge in [-0.15, -0.1) is 0 Å². The molecule has 1 N–H and O–H groups in total. The van der Waals surface area contributed by atoms with E-state index in [1.165, 1.54) is 4.31 Å². The van der Waals surface area contributed by atoms with Crippen LogP contribution in [0, 0.1) is 0 Å². The lowest BCUT2D eigenvalue weighted by Gasteiger charge is -2.20. The Kier molecular flexibility index (Phi) is 4.42. The summed E-state index contributed by atoms with van der Waals surface area (Å²) in [7, 11) is -3.35. The average molecular weight is 333 g/mol. The molecule has 0 saturated carbocycles. The molecule has 0 spiro atoms. The van der Waals surface area contributed by atoms with Crippen LogP contribution in [-0.4, -0.2) is 25.8 Å². The van der Waals surface area contributed by atoms with E-state index >= 15 is 0 Å². The number of nitrogens with one attached hydrogen (secondary N) is 1. The fourth-order valence-corrected chi connectivity index (χ4v) is 3.96. The molecule has 1 aromatic carbocycles. The molecule has 0 amide bonds. The van der Waals surface area contributed by atoms with Gasteiger partial charge < -0.3 is 0 Å². The second-order valence-corrected chi connectivity index (χ2v) is 7.12. The summed E-state index contributed by atoms with van der Waals surface area (Å²) in [5.41, 5.74) is 0.951. The fraction of sp³-hybridized carbons (Fsp3) is 0.500. The number of hydrogen-bond donors (Lipinski definition) is 1. The molecular formula is C12H17BrN2O2S. The van der Waals surface area contributed by atoms with Gasteiger partial charge >= 0.3 is 0 Å². The average Bonchev–Trinajstić information content (AvgIpc) is 2.82. The molecule has 1 atom stereocenters. The largest absolute Gasteiger partial charge is 0.279 e. The molecule has 1 fully saturated rings. The summed E-state index contributed by atoms with van der Waals surface area (Å²) in [5, 5.41) is 0. The molecule has 1 saturated heterocycles. The van der Waals surface area contributed by atoms with E-state index in [1.54, 1.807) is 0 Å². The summed E-state index contributed by atoms with van der Waals surface area (Å²) in [4.78, 5) is 0. The summed E-state index contributed by atoms with van der Waals surface area (Å²) >= 11 is 3.39. The van der Waals surface area contributed by atoms with Crippen LogP contribution < -0.4 is 4.72 Å². The SMILES string of the molecule is CC(NS(=O)(=O)N1CCCC1)c1cccc(Br)c1. The van der Waals surface area contributed by atoms with E-state index in [2.05, 4.69) is 20.7 Å². The van der Waals surface area contributed by atoms with E-state index in [0.29, 0.717) is 13.1 Å². The predicted octanol–water partition coefficient (Wildman–Crippen LogP) is 2.44. The minimum Gasteiger partial charge on any atom is -0.195 e. The van der Waals surface area contributed by atoms with Crippen molar-refractivity contribution in [1.82, 2.24) is 9.03 Å². The highest BCUT2D eigenvalue weighted by Gasteiger charge is 2.26. The van der Waals surface area contributed by atoms with Crippen LogP contribution in [0.25, 0.3) is 0 Å². The van der Waals surface area contributed by atoms with Crippen molar-refractivity contribution in [1.29, 1.82) is 0 Å². The molecule has 100 valence electrons. The Balaban J connectivity index is 2.09. The lowest BCUT2D eigenvalue weighted by atomic mass is 10.1. The molecule has 4 nitrogen and oxygen atoms in total. The monoisotopic (exact) mass is 332 g/mol. The van der Waals surface area contributed by atoms with E-state index in [-0.39, 0.29) is 6.04 Å². The van der Waals surface area contributed by atoms with Gasteiger partial charge in [0.1, 0.15) is 0 Å². The van der Waals surface area contributed by atoms with Crippen molar-refractivity contribution in [3.63, 3.8) is 0 Å². The molecule has 1 heterocycles. The number of hydrogen-bond acceptors (Lipinski definition) is 2. The zero-order chi connectivity index (χ0) is 13.2. The van der Waals surface area contributed by atoms with Crippen LogP contribution in [0.5, 0.6) is 0 Å². The molecule has 0 radical (unpaired) electrons. The molecule has 2 rings (SSSR count). The summed E-state index contributed by atoms with van der Waals surface area (Å²) < 4.78 is 29.4. The zero-order valence-electron chi connectivity index (χ0n) is 10.3. The number of rotatable bonds is 4. The maximum Gasteiger partial charge on any atom is 0.279 e. The first-order valence-electron chi connectivity index (χ1n) is 6.02. The maximum absolute atomic E-state index is 12.1. The molecule has 1 aliphatic heterocycles. The van der Waals surface area contributed by atoms with Crippen LogP contribution in [0.1, 0.15) is 31.4 Å². The van der Waals surface area contributed by atoms with Gasteiger partial charge in [-0.1, -0.05) is 28.1 Å². The smallest absolute Gasteiger partial charge is 0.195 e. The van der Waals surface area contributed by atoms with Crippen molar-refractivity contribution < 1.29 is 8.42 Å². The van der Waals surface area contributed by atoms with Gasteiger partial charge in [-0.3, -0.25) is 0 Å². The van der Waals surface area contributed by atoms with Crippen molar-refractivity contribution in [3.05, 3.63) is 34.3 Å². The van der Waals surface area contributed by atoms with Crippen molar-refractivity contribution >= 4 is 26.1 Å². The Labute approximate surface area is 117 Å². The topological polar surface area (TPSA) is 49.4 Å². The second-order valence-electron chi connectivity index (χ2n) is 4.51. The van der Waals surface area contributed by atoms with E-state index in [0.717, 1.165) is 22.9 Å². The van der Waals surface area contributed by atoms with Gasteiger partial charge in [-0.2, -0.15) is 17.4 Å². The Hall–Kier alpha value is -0.430. The summed E-state index contributed by atoms with van der Waals surface area (Å²) in [6.45, 7) is 3.11. The third-order valence-electron chi connectivity index (χ3n) is 3.08. The zero-order valence-corrected chi connectivity index (χ0v) is 12.7. The molecule has 1 aromatic rings. The molecular weight excluding hydrogens is 316 g/mol. The van der Waals surface area contributed by atoms with Crippen molar-refractivity contribution in [2.75, 3.05) is 13.1 Å². The van der Waals surface area contributed by atoms with Gasteiger partial charge in [-0.05, 0) is 37.5 Å². The summed E-state index contributed by atoms with van der Waals surface area (Å²) in [6, 6.07) is 7.44. The van der Waals surface area contributed by atoms with Crippen LogP contribution in [0.2, 0.25) is 0 Å². The fourth-order valence-electron chi connectivity index (χ4n) is 2.07. The Morgan fingerprint density at radius 3 is 2.61 bits per heavy atom. The molecule has 0 aromatic heterocycles. The van der Waals surface area contributed by atoms with E-state index in [4.69, 9.17) is 0 Å². The maximum atomic E-state index is 12.1. The minimum absolute atomic E-state index is 0.229. The molecule has 6 heteroatoms. The van der Waals surface area contributed by atoms with Crippen LogP contribution in [0.4, 0.5) is 0 Å². The first-order valence-corrected chi connectivity index (χ1v) is 8.25. The first kappa shape index (κ1) is 14.0. The first-order chi connectivity index (χ1) is 8.49. The van der Waals surface area contributed by atoms with Crippen molar-refractivity contribution in [3.8, 4) is 0 Å². The molecule has 0 bridgehead atoms. The minimum atomic E-state index is -3.35. The normalized spacial score (nSPS) is 19.0. The Bertz CT molecular complexity index is 513. The quantitative estimate of drug-likeness (QED) is 0.920. The molecule has 1 aliphatic rings. The number of nitrogens with zero attached hydrogens (tertiary/aromatic N) is 1. The van der Waals surface area contributed by atoms with Crippen molar-refractivity contribution in [2.45, 2.75) is 25.8 Å². The molecule has 18 heavy (non-hydrogen) atoms. The van der Waals surface area contributed by atoms with Crippen LogP contribution in [0.3, 0.4) is 0 Å². The van der Waals surface area contributed by atoms with Crippen LogP contribution in [-0.2, 0) is 10.2 Å². The highest BCUT2D eigenvalue weighted by atomic mass is 79.9. The lowest BCUT2D eigenvalue weighted by molar-refractivity contribution is 0.457. The van der Waals surface area contributed by atoms with E-state index in [9.17, 15) is 8.42 Å². The van der Waals surface area contributed by atoms with Gasteiger partial charge in [0, 0.05) is 23.6 Å². The van der Waals surface area contributed by atoms with Crippen LogP contribution in [0.15, 0.2) is 28.7 Å².